The molecule has 1 atom stereocenters. The van der Waals surface area contributed by atoms with Crippen molar-refractivity contribution in [3.05, 3.63) is 18.1 Å². The number of anilines is 1. The summed E-state index contributed by atoms with van der Waals surface area (Å²) in [5, 5.41) is 5.82. The van der Waals surface area contributed by atoms with Gasteiger partial charge in [0.25, 0.3) is 0 Å². The molecule has 23 heavy (non-hydrogen) atoms. The van der Waals surface area contributed by atoms with Crippen molar-refractivity contribution in [2.24, 2.45) is 0 Å². The van der Waals surface area contributed by atoms with Crippen LogP contribution in [0.15, 0.2) is 12.3 Å². The fourth-order valence-corrected chi connectivity index (χ4v) is 1.64. The van der Waals surface area contributed by atoms with Crippen LogP contribution in [0.2, 0.25) is 0 Å². The highest BCUT2D eigenvalue weighted by molar-refractivity contribution is 5.85. The van der Waals surface area contributed by atoms with Crippen LogP contribution in [0.25, 0.3) is 0 Å². The van der Waals surface area contributed by atoms with Crippen LogP contribution < -0.4 is 10.6 Å². The number of ether oxygens (including phenoxy) is 2. The number of hydrogen-bond donors (Lipinski definition) is 2. The maximum Gasteiger partial charge on any atom is 0.407 e. The third-order valence-corrected chi connectivity index (χ3v) is 2.67. The maximum absolute atomic E-state index is 11.6. The van der Waals surface area contributed by atoms with Gasteiger partial charge in [0.05, 0.1) is 7.11 Å². The third-order valence-electron chi connectivity index (χ3n) is 2.67. The van der Waals surface area contributed by atoms with Gasteiger partial charge in [0.2, 0.25) is 5.82 Å². The number of carbonyl (C=O) groups excluding carboxylic acids is 2. The average molecular weight is 324 g/mol. The molecule has 128 valence electrons. The first kappa shape index (κ1) is 18.7. The Hall–Kier alpha value is -2.38. The van der Waals surface area contributed by atoms with Gasteiger partial charge in [-0.3, -0.25) is 0 Å². The van der Waals surface area contributed by atoms with E-state index in [0.717, 1.165) is 0 Å². The largest absolute Gasteiger partial charge is 0.463 e. The van der Waals surface area contributed by atoms with Crippen LogP contribution in [-0.4, -0.2) is 47.3 Å². The number of amides is 1. The topological polar surface area (TPSA) is 102 Å². The van der Waals surface area contributed by atoms with E-state index in [1.54, 1.807) is 6.07 Å². The number of carbonyl (C=O) groups is 2. The van der Waals surface area contributed by atoms with Gasteiger partial charge in [0, 0.05) is 18.8 Å². The van der Waals surface area contributed by atoms with Crippen molar-refractivity contribution in [3.8, 4) is 0 Å². The van der Waals surface area contributed by atoms with Crippen LogP contribution in [0.3, 0.4) is 0 Å². The minimum absolute atomic E-state index is 0.00238. The van der Waals surface area contributed by atoms with E-state index in [9.17, 15) is 9.59 Å². The highest BCUT2D eigenvalue weighted by Gasteiger charge is 2.17. The van der Waals surface area contributed by atoms with Gasteiger partial charge < -0.3 is 20.1 Å². The van der Waals surface area contributed by atoms with Crippen LogP contribution in [0, 0.1) is 0 Å². The lowest BCUT2D eigenvalue weighted by molar-refractivity contribution is 0.0506. The molecule has 2 N–H and O–H groups in total. The molecule has 1 amide bonds. The molecule has 1 unspecified atom stereocenters. The summed E-state index contributed by atoms with van der Waals surface area (Å²) in [6.45, 7) is 7.88. The fourth-order valence-electron chi connectivity index (χ4n) is 1.64. The van der Waals surface area contributed by atoms with E-state index >= 15 is 0 Å². The van der Waals surface area contributed by atoms with Crippen molar-refractivity contribution in [2.75, 3.05) is 19.0 Å². The van der Waals surface area contributed by atoms with Crippen molar-refractivity contribution in [2.45, 2.75) is 45.8 Å². The molecule has 0 aliphatic heterocycles. The molecule has 8 heteroatoms. The van der Waals surface area contributed by atoms with Crippen LogP contribution >= 0.6 is 0 Å². The predicted molar refractivity (Wildman–Crippen MR) is 85.3 cm³/mol. The molecule has 0 saturated heterocycles. The summed E-state index contributed by atoms with van der Waals surface area (Å²) < 4.78 is 9.75. The zero-order valence-electron chi connectivity index (χ0n) is 14.2. The molecule has 0 aromatic carbocycles. The second-order valence-electron chi connectivity index (χ2n) is 6.02. The van der Waals surface area contributed by atoms with Gasteiger partial charge in [-0.2, -0.15) is 0 Å². The van der Waals surface area contributed by atoms with Gasteiger partial charge in [-0.1, -0.05) is 0 Å². The van der Waals surface area contributed by atoms with Gasteiger partial charge >= 0.3 is 12.1 Å². The lowest BCUT2D eigenvalue weighted by Gasteiger charge is -2.22. The zero-order chi connectivity index (χ0) is 17.5. The van der Waals surface area contributed by atoms with E-state index in [1.165, 1.54) is 13.3 Å². The Morgan fingerprint density at radius 3 is 2.65 bits per heavy atom. The second-order valence-corrected chi connectivity index (χ2v) is 6.02. The number of methoxy groups -OCH3 is 1. The molecular formula is C15H24N4O4. The SMILES string of the molecule is COC(=O)c1nccc(NCCC(C)NC(=O)OC(C)(C)C)n1. The summed E-state index contributed by atoms with van der Waals surface area (Å²) in [5.74, 6) is -0.0732. The molecule has 1 aromatic rings. The van der Waals surface area contributed by atoms with E-state index in [1.807, 2.05) is 27.7 Å². The number of aromatic nitrogens is 2. The Morgan fingerprint density at radius 2 is 2.04 bits per heavy atom. The highest BCUT2D eigenvalue weighted by atomic mass is 16.6. The number of hydrogen-bond acceptors (Lipinski definition) is 7. The van der Waals surface area contributed by atoms with E-state index < -0.39 is 17.7 Å². The van der Waals surface area contributed by atoms with Crippen LogP contribution in [0.4, 0.5) is 10.6 Å². The molecule has 0 bridgehead atoms. The number of alkyl carbamates (subject to hydrolysis) is 1. The molecule has 1 heterocycles. The Kier molecular flexibility index (Phi) is 6.74. The predicted octanol–water partition coefficient (Wildman–Crippen LogP) is 1.98. The molecular weight excluding hydrogens is 300 g/mol. The summed E-state index contributed by atoms with van der Waals surface area (Å²) in [7, 11) is 1.27. The fraction of sp³-hybridized carbons (Fsp3) is 0.600. The summed E-state index contributed by atoms with van der Waals surface area (Å²) in [6.07, 6.45) is 1.70. The quantitative estimate of drug-likeness (QED) is 0.771. The van der Waals surface area contributed by atoms with Crippen molar-refractivity contribution in [1.82, 2.24) is 15.3 Å². The standard InChI is InChI=1S/C15H24N4O4/c1-10(18-14(21)23-15(2,3)4)6-8-16-11-7-9-17-12(19-11)13(20)22-5/h7,9-10H,6,8H2,1-5H3,(H,18,21)(H,16,17,19). The average Bonchev–Trinajstić information content (AvgIpc) is 2.44. The van der Waals surface area contributed by atoms with Gasteiger partial charge in [0.1, 0.15) is 11.4 Å². The molecule has 0 fully saturated rings. The summed E-state index contributed by atoms with van der Waals surface area (Å²) >= 11 is 0. The van der Waals surface area contributed by atoms with Crippen LogP contribution in [0.5, 0.6) is 0 Å². The van der Waals surface area contributed by atoms with Crippen molar-refractivity contribution in [3.63, 3.8) is 0 Å². The molecule has 8 nitrogen and oxygen atoms in total. The van der Waals surface area contributed by atoms with E-state index in [2.05, 4.69) is 25.3 Å². The molecule has 0 spiro atoms. The Bertz CT molecular complexity index is 543. The number of nitrogens with one attached hydrogen (secondary N) is 2. The lowest BCUT2D eigenvalue weighted by Crippen LogP contribution is -2.38. The van der Waals surface area contributed by atoms with Crippen LogP contribution in [-0.2, 0) is 9.47 Å². The third kappa shape index (κ3) is 7.44. The first-order valence-electron chi connectivity index (χ1n) is 7.36. The molecule has 0 saturated carbocycles. The van der Waals surface area contributed by atoms with Gasteiger partial charge in [-0.05, 0) is 40.2 Å². The number of esters is 1. The normalized spacial score (nSPS) is 12.2. The highest BCUT2D eigenvalue weighted by Crippen LogP contribution is 2.07. The molecule has 1 rings (SSSR count). The minimum Gasteiger partial charge on any atom is -0.463 e. The van der Waals surface area contributed by atoms with Crippen LogP contribution in [0.1, 0.15) is 44.7 Å². The lowest BCUT2D eigenvalue weighted by atomic mass is 10.2. The van der Waals surface area contributed by atoms with E-state index in [0.29, 0.717) is 18.8 Å². The van der Waals surface area contributed by atoms with E-state index in [-0.39, 0.29) is 11.9 Å². The van der Waals surface area contributed by atoms with Crippen molar-refractivity contribution in [1.29, 1.82) is 0 Å². The first-order valence-corrected chi connectivity index (χ1v) is 7.36. The maximum atomic E-state index is 11.6. The summed E-state index contributed by atoms with van der Waals surface area (Å²) in [6, 6.07) is 1.58. The molecule has 0 aliphatic carbocycles. The second kappa shape index (κ2) is 8.30. The molecule has 0 radical (unpaired) electrons. The van der Waals surface area contributed by atoms with Gasteiger partial charge in [0.15, 0.2) is 0 Å². The number of nitrogens with zero attached hydrogens (tertiary/aromatic N) is 2. The van der Waals surface area contributed by atoms with Crippen molar-refractivity contribution < 1.29 is 19.1 Å². The van der Waals surface area contributed by atoms with Crippen molar-refractivity contribution >= 4 is 17.9 Å². The smallest absolute Gasteiger partial charge is 0.407 e. The Labute approximate surface area is 136 Å². The van der Waals surface area contributed by atoms with E-state index in [4.69, 9.17) is 4.74 Å². The summed E-state index contributed by atoms with van der Waals surface area (Å²) in [4.78, 5) is 30.8. The molecule has 1 aromatic heterocycles. The Balaban J connectivity index is 2.39. The van der Waals surface area contributed by atoms with Gasteiger partial charge in [-0.15, -0.1) is 0 Å². The van der Waals surface area contributed by atoms with Gasteiger partial charge in [-0.25, -0.2) is 19.6 Å². The Morgan fingerprint density at radius 1 is 1.35 bits per heavy atom. The number of rotatable bonds is 6. The monoisotopic (exact) mass is 324 g/mol. The molecule has 0 aliphatic rings. The minimum atomic E-state index is -0.589. The first-order chi connectivity index (χ1) is 10.7. The zero-order valence-corrected chi connectivity index (χ0v) is 14.2. The summed E-state index contributed by atoms with van der Waals surface area (Å²) in [5.41, 5.74) is -0.521.